The van der Waals surface area contributed by atoms with Crippen molar-refractivity contribution >= 4 is 91.4 Å². The van der Waals surface area contributed by atoms with Gasteiger partial charge in [0.15, 0.2) is 5.82 Å². The molecule has 5 amide bonds. The van der Waals surface area contributed by atoms with Gasteiger partial charge in [-0.05, 0) is 106 Å². The van der Waals surface area contributed by atoms with Crippen LogP contribution in [0.4, 0.5) is 40.2 Å². The molecule has 74 heavy (non-hydrogen) atoms. The number of piperidine rings is 4. The lowest BCUT2D eigenvalue weighted by molar-refractivity contribution is -0.139. The van der Waals surface area contributed by atoms with Crippen molar-refractivity contribution in [2.24, 2.45) is 11.8 Å². The molecule has 6 aliphatic rings. The number of carbonyl (C=O) groups excluding carboxylic acids is 5. The summed E-state index contributed by atoms with van der Waals surface area (Å²) in [5, 5.41) is 8.86. The molecule has 0 radical (unpaired) electrons. The number of fused-ring (bicyclic) bond motifs is 1. The van der Waals surface area contributed by atoms with Crippen molar-refractivity contribution in [1.29, 1.82) is 0 Å². The van der Waals surface area contributed by atoms with Crippen molar-refractivity contribution in [3.05, 3.63) is 83.0 Å². The number of piperazine rings is 1. The average Bonchev–Trinajstić information content (AvgIpc) is 3.65. The first-order chi connectivity index (χ1) is 35.7. The number of nitrogens with one attached hydrogen (secondary N) is 4. The second-order valence-corrected chi connectivity index (χ2v) is 22.4. The maximum absolute atomic E-state index is 13.8. The Morgan fingerprint density at radius 3 is 2.11 bits per heavy atom. The van der Waals surface area contributed by atoms with Crippen LogP contribution in [0.1, 0.15) is 72.1 Å². The minimum absolute atomic E-state index is 0.0659. The van der Waals surface area contributed by atoms with E-state index in [1.54, 1.807) is 43.5 Å². The highest BCUT2D eigenvalue weighted by molar-refractivity contribution is 7.92. The Hall–Kier alpha value is -6.55. The number of hydrogen-bond donors (Lipinski definition) is 4. The van der Waals surface area contributed by atoms with Crippen LogP contribution in [-0.2, 0) is 24.4 Å². The predicted molar refractivity (Wildman–Crippen MR) is 282 cm³/mol. The number of anilines is 7. The summed E-state index contributed by atoms with van der Waals surface area (Å²) in [5.74, 6) is 0.112. The van der Waals surface area contributed by atoms with Crippen molar-refractivity contribution in [2.45, 2.75) is 63.5 Å². The first-order valence-electron chi connectivity index (χ1n) is 25.6. The lowest BCUT2D eigenvalue weighted by Crippen LogP contribution is -2.55. The van der Waals surface area contributed by atoms with Crippen LogP contribution < -0.4 is 35.2 Å². The van der Waals surface area contributed by atoms with Crippen LogP contribution in [0.3, 0.4) is 0 Å². The monoisotopic (exact) mass is 1050 g/mol. The molecule has 22 heteroatoms. The van der Waals surface area contributed by atoms with E-state index in [1.165, 1.54) is 6.20 Å². The first-order valence-corrected chi connectivity index (χ1v) is 27.9. The van der Waals surface area contributed by atoms with E-state index in [2.05, 4.69) is 61.2 Å². The lowest BCUT2D eigenvalue weighted by atomic mass is 9.91. The highest BCUT2D eigenvalue weighted by atomic mass is 35.5. The third-order valence-electron chi connectivity index (χ3n) is 15.5. The molecule has 5 fully saturated rings. The van der Waals surface area contributed by atoms with E-state index in [9.17, 15) is 32.4 Å². The van der Waals surface area contributed by atoms with Gasteiger partial charge in [0, 0.05) is 94.7 Å². The van der Waals surface area contributed by atoms with E-state index >= 15 is 0 Å². The molecule has 20 nitrogen and oxygen atoms in total. The second kappa shape index (κ2) is 21.7. The van der Waals surface area contributed by atoms with Gasteiger partial charge in [0.1, 0.15) is 16.8 Å². The molecule has 0 spiro atoms. The van der Waals surface area contributed by atoms with Gasteiger partial charge in [0.25, 0.3) is 11.8 Å². The van der Waals surface area contributed by atoms with E-state index in [1.807, 2.05) is 18.2 Å². The van der Waals surface area contributed by atoms with E-state index in [4.69, 9.17) is 16.3 Å². The fourth-order valence-electron chi connectivity index (χ4n) is 11.4. The maximum atomic E-state index is 13.8. The van der Waals surface area contributed by atoms with Gasteiger partial charge in [-0.2, -0.15) is 4.98 Å². The number of aromatic nitrogens is 2. The Labute approximate surface area is 436 Å². The number of ether oxygens (including phenoxy) is 1. The number of rotatable bonds is 14. The highest BCUT2D eigenvalue weighted by Gasteiger charge is 2.45. The standard InChI is InChI=1S/C52H63ClN12O8S/c1-73-45-30-37(8-10-43(45)56-52-54-31-40(53)47(58-52)55-41-5-3-4-6-42(41)59-74(2,71)72)62-23-17-35(18-24-62)63-25-27-64(28-26-63)49(68)34-15-19-60(20-16-34)32-33-13-21-61(22-14-33)36-7-9-38-39(29-36)51(70)65(50(38)69)44-11-12-46(66)57-48(44)67/h3-10,29-31,33-35,44,59H,11-28,32H2,1-2H3,(H,57,66,67)(H2,54,55,56,58). The fraction of sp³-hybridized carbons (Fsp3) is 0.481. The lowest BCUT2D eigenvalue weighted by Gasteiger charge is -2.44. The molecule has 5 saturated heterocycles. The quantitative estimate of drug-likeness (QED) is 0.120. The van der Waals surface area contributed by atoms with Crippen LogP contribution in [0.25, 0.3) is 0 Å². The molecule has 0 bridgehead atoms. The smallest absolute Gasteiger partial charge is 0.262 e. The predicted octanol–water partition coefficient (Wildman–Crippen LogP) is 5.14. The summed E-state index contributed by atoms with van der Waals surface area (Å²) >= 11 is 6.45. The van der Waals surface area contributed by atoms with Crippen molar-refractivity contribution in [1.82, 2.24) is 34.9 Å². The van der Waals surface area contributed by atoms with E-state index in [0.29, 0.717) is 57.6 Å². The van der Waals surface area contributed by atoms with Gasteiger partial charge in [-0.1, -0.05) is 23.7 Å². The number of sulfonamides is 1. The SMILES string of the molecule is COc1cc(N2CCC(N3CCN(C(=O)C4CCN(CC5CCN(c6ccc7c(c6)C(=O)N(C6CCC(=O)NC6=O)C7=O)CC5)CC4)CC3)CC2)ccc1Nc1ncc(Cl)c(Nc2ccccc2NS(C)(=O)=O)n1. The summed E-state index contributed by atoms with van der Waals surface area (Å²) < 4.78 is 32.2. The van der Waals surface area contributed by atoms with E-state index in [-0.39, 0.29) is 29.7 Å². The largest absolute Gasteiger partial charge is 0.494 e. The topological polar surface area (TPSA) is 222 Å². The van der Waals surface area contributed by atoms with Gasteiger partial charge in [-0.15, -0.1) is 0 Å². The van der Waals surface area contributed by atoms with Gasteiger partial charge >= 0.3 is 0 Å². The Morgan fingerprint density at radius 1 is 0.757 bits per heavy atom. The molecule has 1 atom stereocenters. The van der Waals surface area contributed by atoms with Crippen LogP contribution >= 0.6 is 11.6 Å². The zero-order chi connectivity index (χ0) is 51.7. The average molecular weight is 1050 g/mol. The number of nitrogens with zero attached hydrogens (tertiary/aromatic N) is 8. The Balaban J connectivity index is 0.640. The molecular weight excluding hydrogens is 988 g/mol. The molecule has 7 heterocycles. The summed E-state index contributed by atoms with van der Waals surface area (Å²) in [5.41, 5.74) is 4.04. The van der Waals surface area contributed by atoms with Crippen LogP contribution in [0, 0.1) is 11.8 Å². The van der Waals surface area contributed by atoms with Crippen LogP contribution in [0.2, 0.25) is 5.02 Å². The van der Waals surface area contributed by atoms with Crippen molar-refractivity contribution < 1.29 is 37.1 Å². The Bertz CT molecular complexity index is 2920. The summed E-state index contributed by atoms with van der Waals surface area (Å²) in [6.45, 7) is 9.62. The normalized spacial score (nSPS) is 20.9. The third kappa shape index (κ3) is 11.3. The second-order valence-electron chi connectivity index (χ2n) is 20.2. The van der Waals surface area contributed by atoms with Gasteiger partial charge in [-0.25, -0.2) is 13.4 Å². The number of imide groups is 2. The summed E-state index contributed by atoms with van der Waals surface area (Å²) in [4.78, 5) is 86.4. The Kier molecular flexibility index (Phi) is 15.0. The number of hydrogen-bond acceptors (Lipinski definition) is 16. The molecule has 1 unspecified atom stereocenters. The minimum Gasteiger partial charge on any atom is -0.494 e. The third-order valence-corrected chi connectivity index (χ3v) is 16.3. The van der Waals surface area contributed by atoms with Crippen LogP contribution in [-0.4, -0.2) is 165 Å². The molecule has 10 rings (SSSR count). The van der Waals surface area contributed by atoms with Crippen molar-refractivity contribution in [2.75, 3.05) is 111 Å². The number of benzene rings is 3. The molecule has 3 aromatic carbocycles. The van der Waals surface area contributed by atoms with Crippen LogP contribution in [0.15, 0.2) is 66.9 Å². The van der Waals surface area contributed by atoms with E-state index < -0.39 is 39.7 Å². The number of halogens is 1. The summed E-state index contributed by atoms with van der Waals surface area (Å²) in [7, 11) is -1.89. The van der Waals surface area contributed by atoms with Gasteiger partial charge in [-0.3, -0.25) is 43.8 Å². The molecule has 4 N–H and O–H groups in total. The zero-order valence-electron chi connectivity index (χ0n) is 41.7. The maximum Gasteiger partial charge on any atom is 0.262 e. The zero-order valence-corrected chi connectivity index (χ0v) is 43.3. The number of para-hydroxylation sites is 2. The van der Waals surface area contributed by atoms with Gasteiger partial charge in [0.05, 0.1) is 47.8 Å². The molecule has 4 aromatic rings. The number of methoxy groups -OCH3 is 1. The fourth-order valence-corrected chi connectivity index (χ4v) is 12.2. The molecule has 6 aliphatic heterocycles. The number of likely N-dealkylation sites (tertiary alicyclic amines) is 1. The number of carbonyl (C=O) groups is 5. The summed E-state index contributed by atoms with van der Waals surface area (Å²) in [6, 6.07) is 17.7. The summed E-state index contributed by atoms with van der Waals surface area (Å²) in [6.07, 6.45) is 8.59. The van der Waals surface area contributed by atoms with Crippen molar-refractivity contribution in [3.8, 4) is 5.75 Å². The Morgan fingerprint density at radius 2 is 1.42 bits per heavy atom. The minimum atomic E-state index is -3.52. The number of amides is 5. The first kappa shape index (κ1) is 51.0. The van der Waals surface area contributed by atoms with Gasteiger partial charge in [0.2, 0.25) is 33.7 Å². The highest BCUT2D eigenvalue weighted by Crippen LogP contribution is 2.36. The van der Waals surface area contributed by atoms with E-state index in [0.717, 1.165) is 133 Å². The molecule has 1 aromatic heterocycles. The van der Waals surface area contributed by atoms with Gasteiger partial charge < -0.3 is 35.0 Å². The molecule has 392 valence electrons. The van der Waals surface area contributed by atoms with Crippen LogP contribution in [0.5, 0.6) is 5.75 Å². The molecule has 0 saturated carbocycles. The molecular formula is C52H63ClN12O8S. The molecule has 0 aliphatic carbocycles. The van der Waals surface area contributed by atoms with Crippen molar-refractivity contribution in [3.63, 3.8) is 0 Å².